The summed E-state index contributed by atoms with van der Waals surface area (Å²) in [6.07, 6.45) is -0.663. The summed E-state index contributed by atoms with van der Waals surface area (Å²) in [6, 6.07) is 14.0. The van der Waals surface area contributed by atoms with Crippen molar-refractivity contribution in [2.24, 2.45) is 0 Å². The van der Waals surface area contributed by atoms with Gasteiger partial charge in [-0.1, -0.05) is 23.7 Å². The molecule has 0 aliphatic carbocycles. The van der Waals surface area contributed by atoms with E-state index in [4.69, 9.17) is 21.1 Å². The van der Waals surface area contributed by atoms with Crippen molar-refractivity contribution < 1.29 is 19.1 Å². The third kappa shape index (κ3) is 3.99. The number of urea groups is 1. The van der Waals surface area contributed by atoms with Crippen molar-refractivity contribution in [1.29, 1.82) is 0 Å². The fraction of sp³-hybridized carbons (Fsp3) is 0.300. The molecule has 2 aliphatic rings. The van der Waals surface area contributed by atoms with Crippen LogP contribution in [0.25, 0.3) is 0 Å². The van der Waals surface area contributed by atoms with Gasteiger partial charge in [0.05, 0.1) is 0 Å². The Bertz CT molecular complexity index is 866. The van der Waals surface area contributed by atoms with Crippen LogP contribution in [-0.2, 0) is 4.79 Å². The van der Waals surface area contributed by atoms with Gasteiger partial charge in [0.25, 0.3) is 5.91 Å². The van der Waals surface area contributed by atoms with Gasteiger partial charge in [0.15, 0.2) is 11.5 Å². The fourth-order valence-electron chi connectivity index (χ4n) is 3.21. The zero-order valence-corrected chi connectivity index (χ0v) is 15.9. The van der Waals surface area contributed by atoms with Crippen LogP contribution < -0.4 is 14.8 Å². The van der Waals surface area contributed by atoms with E-state index < -0.39 is 6.10 Å². The van der Waals surface area contributed by atoms with Gasteiger partial charge in [-0.3, -0.25) is 4.79 Å². The van der Waals surface area contributed by atoms with Gasteiger partial charge in [-0.2, -0.15) is 0 Å². The number of hydrogen-bond acceptors (Lipinski definition) is 4. The molecule has 0 spiro atoms. The first-order chi connectivity index (χ1) is 13.6. The van der Waals surface area contributed by atoms with Gasteiger partial charge < -0.3 is 24.6 Å². The number of nitrogens with zero attached hydrogens (tertiary/aromatic N) is 2. The number of piperazine rings is 1. The van der Waals surface area contributed by atoms with E-state index >= 15 is 0 Å². The summed E-state index contributed by atoms with van der Waals surface area (Å²) >= 11 is 5.85. The Kier molecular flexibility index (Phi) is 5.25. The summed E-state index contributed by atoms with van der Waals surface area (Å²) < 4.78 is 11.4. The number of carbonyl (C=O) groups excluding carboxylic acids is 2. The molecule has 2 heterocycles. The Labute approximate surface area is 167 Å². The number of ether oxygens (including phenoxy) is 2. The van der Waals surface area contributed by atoms with Gasteiger partial charge in [-0.15, -0.1) is 0 Å². The van der Waals surface area contributed by atoms with Crippen LogP contribution in [-0.4, -0.2) is 60.6 Å². The molecule has 2 aromatic carbocycles. The van der Waals surface area contributed by atoms with E-state index in [2.05, 4.69) is 5.32 Å². The summed E-state index contributed by atoms with van der Waals surface area (Å²) in [4.78, 5) is 28.6. The third-order valence-electron chi connectivity index (χ3n) is 4.76. The molecule has 8 heteroatoms. The monoisotopic (exact) mass is 401 g/mol. The van der Waals surface area contributed by atoms with Crippen LogP contribution >= 0.6 is 11.6 Å². The highest BCUT2D eigenvalue weighted by atomic mass is 35.5. The number of anilines is 1. The maximum Gasteiger partial charge on any atom is 0.321 e. The number of hydrogen-bond donors (Lipinski definition) is 1. The van der Waals surface area contributed by atoms with Gasteiger partial charge in [0, 0.05) is 36.9 Å². The highest BCUT2D eigenvalue weighted by Crippen LogP contribution is 2.31. The molecule has 2 aliphatic heterocycles. The molecule has 1 N–H and O–H groups in total. The van der Waals surface area contributed by atoms with E-state index in [-0.39, 0.29) is 18.5 Å². The molecule has 146 valence electrons. The van der Waals surface area contributed by atoms with E-state index in [1.54, 1.807) is 40.1 Å². The first-order valence-corrected chi connectivity index (χ1v) is 9.47. The Morgan fingerprint density at radius 1 is 0.929 bits per heavy atom. The van der Waals surface area contributed by atoms with E-state index in [1.165, 1.54) is 0 Å². The van der Waals surface area contributed by atoms with Crippen LogP contribution in [0.5, 0.6) is 11.5 Å². The van der Waals surface area contributed by atoms with Crippen molar-refractivity contribution in [3.63, 3.8) is 0 Å². The van der Waals surface area contributed by atoms with Gasteiger partial charge in [0.1, 0.15) is 6.61 Å². The highest BCUT2D eigenvalue weighted by Gasteiger charge is 2.33. The molecule has 0 bridgehead atoms. The molecule has 1 atom stereocenters. The quantitative estimate of drug-likeness (QED) is 0.840. The van der Waals surface area contributed by atoms with Crippen LogP contribution in [0.3, 0.4) is 0 Å². The number of nitrogens with one attached hydrogen (secondary N) is 1. The van der Waals surface area contributed by atoms with Crippen molar-refractivity contribution in [2.75, 3.05) is 38.1 Å². The largest absolute Gasteiger partial charge is 0.485 e. The predicted octanol–water partition coefficient (Wildman–Crippen LogP) is 2.86. The summed E-state index contributed by atoms with van der Waals surface area (Å²) in [7, 11) is 0. The molecule has 4 rings (SSSR count). The number of para-hydroxylation sites is 2. The van der Waals surface area contributed by atoms with E-state index in [0.29, 0.717) is 48.4 Å². The lowest BCUT2D eigenvalue weighted by molar-refractivity contribution is -0.142. The molecular weight excluding hydrogens is 382 g/mol. The zero-order chi connectivity index (χ0) is 19.5. The van der Waals surface area contributed by atoms with E-state index in [9.17, 15) is 9.59 Å². The molecule has 28 heavy (non-hydrogen) atoms. The van der Waals surface area contributed by atoms with Gasteiger partial charge in [0.2, 0.25) is 6.10 Å². The zero-order valence-electron chi connectivity index (χ0n) is 15.1. The maximum absolute atomic E-state index is 12.8. The van der Waals surface area contributed by atoms with Crippen molar-refractivity contribution in [3.05, 3.63) is 53.6 Å². The number of rotatable bonds is 2. The number of benzene rings is 2. The van der Waals surface area contributed by atoms with Crippen LogP contribution in [0.4, 0.5) is 10.5 Å². The van der Waals surface area contributed by atoms with Crippen molar-refractivity contribution in [3.8, 4) is 11.5 Å². The third-order valence-corrected chi connectivity index (χ3v) is 5.01. The Hall–Kier alpha value is -2.93. The van der Waals surface area contributed by atoms with Crippen LogP contribution in [0.1, 0.15) is 0 Å². The SMILES string of the molecule is O=C(Nc1ccc(Cl)cc1)N1CCN(C(=O)[C@@H]2COc3ccccc3O2)CC1. The van der Waals surface area contributed by atoms with Gasteiger partial charge >= 0.3 is 6.03 Å². The maximum atomic E-state index is 12.8. The van der Waals surface area contributed by atoms with Gasteiger partial charge in [-0.05, 0) is 36.4 Å². The second-order valence-corrected chi connectivity index (χ2v) is 7.05. The molecule has 2 aromatic rings. The summed E-state index contributed by atoms with van der Waals surface area (Å²) in [6.45, 7) is 2.00. The van der Waals surface area contributed by atoms with Crippen molar-refractivity contribution in [2.45, 2.75) is 6.10 Å². The van der Waals surface area contributed by atoms with Crippen molar-refractivity contribution in [1.82, 2.24) is 9.80 Å². The lowest BCUT2D eigenvalue weighted by Crippen LogP contribution is -2.55. The lowest BCUT2D eigenvalue weighted by atomic mass is 10.2. The first-order valence-electron chi connectivity index (χ1n) is 9.09. The molecular formula is C20H20ClN3O4. The average Bonchev–Trinajstić information content (AvgIpc) is 2.74. The molecule has 7 nitrogen and oxygen atoms in total. The molecule has 0 saturated carbocycles. The summed E-state index contributed by atoms with van der Waals surface area (Å²) in [5, 5.41) is 3.45. The molecule has 0 radical (unpaired) electrons. The summed E-state index contributed by atoms with van der Waals surface area (Å²) in [5.41, 5.74) is 0.680. The Balaban J connectivity index is 1.29. The molecule has 0 aromatic heterocycles. The van der Waals surface area contributed by atoms with Crippen LogP contribution in [0, 0.1) is 0 Å². The second-order valence-electron chi connectivity index (χ2n) is 6.61. The topological polar surface area (TPSA) is 71.1 Å². The van der Waals surface area contributed by atoms with E-state index in [0.717, 1.165) is 0 Å². The number of carbonyl (C=O) groups is 2. The molecule has 1 fully saturated rings. The normalized spacial score (nSPS) is 18.5. The molecule has 0 unspecified atom stereocenters. The Morgan fingerprint density at radius 2 is 1.57 bits per heavy atom. The lowest BCUT2D eigenvalue weighted by Gasteiger charge is -2.37. The predicted molar refractivity (Wildman–Crippen MR) is 105 cm³/mol. The first kappa shape index (κ1) is 18.4. The fourth-order valence-corrected chi connectivity index (χ4v) is 3.34. The van der Waals surface area contributed by atoms with Crippen LogP contribution in [0.15, 0.2) is 48.5 Å². The number of halogens is 1. The minimum Gasteiger partial charge on any atom is -0.485 e. The van der Waals surface area contributed by atoms with Crippen molar-refractivity contribution >= 4 is 29.2 Å². The smallest absolute Gasteiger partial charge is 0.321 e. The average molecular weight is 402 g/mol. The number of amides is 3. The Morgan fingerprint density at radius 3 is 2.29 bits per heavy atom. The van der Waals surface area contributed by atoms with Crippen LogP contribution in [0.2, 0.25) is 5.02 Å². The van der Waals surface area contributed by atoms with E-state index in [1.807, 2.05) is 18.2 Å². The highest BCUT2D eigenvalue weighted by molar-refractivity contribution is 6.30. The molecule has 3 amide bonds. The second kappa shape index (κ2) is 7.98. The minimum atomic E-state index is -0.663. The number of fused-ring (bicyclic) bond motifs is 1. The van der Waals surface area contributed by atoms with Gasteiger partial charge in [-0.25, -0.2) is 4.79 Å². The standard InChI is InChI=1S/C20H20ClN3O4/c21-14-5-7-15(8-6-14)22-20(26)24-11-9-23(10-12-24)19(25)18-13-27-16-3-1-2-4-17(16)28-18/h1-8,18H,9-13H2,(H,22,26)/t18-/m0/s1. The molecule has 1 saturated heterocycles. The minimum absolute atomic E-state index is 0.118. The summed E-state index contributed by atoms with van der Waals surface area (Å²) in [5.74, 6) is 1.11.